The van der Waals surface area contributed by atoms with Crippen molar-refractivity contribution in [3.63, 3.8) is 0 Å². The van der Waals surface area contributed by atoms with Crippen LogP contribution in [0, 0.1) is 19.3 Å². The summed E-state index contributed by atoms with van der Waals surface area (Å²) in [5.41, 5.74) is -1.54. The van der Waals surface area contributed by atoms with Crippen molar-refractivity contribution in [1.29, 1.82) is 0 Å². The fraction of sp³-hybridized carbons (Fsp3) is 0.579. The SMILES string of the molecule is CC(C)(CO)C(O)(CC(O)O)CC(O)O.Cc1c(C(=O)O)ccc(C(=O)O)c1C. The summed E-state index contributed by atoms with van der Waals surface area (Å²) >= 11 is 0. The highest BCUT2D eigenvalue weighted by Gasteiger charge is 2.45. The molecule has 1 aromatic carbocycles. The summed E-state index contributed by atoms with van der Waals surface area (Å²) in [5, 5.41) is 71.9. The van der Waals surface area contributed by atoms with Crippen LogP contribution in [0.25, 0.3) is 0 Å². The molecular weight excluding hydrogens is 388 g/mol. The lowest BCUT2D eigenvalue weighted by Crippen LogP contribution is -2.51. The quantitative estimate of drug-likeness (QED) is 0.263. The van der Waals surface area contributed by atoms with E-state index in [1.807, 2.05) is 0 Å². The van der Waals surface area contributed by atoms with E-state index < -0.39 is 55.0 Å². The Morgan fingerprint density at radius 3 is 1.38 bits per heavy atom. The second kappa shape index (κ2) is 10.6. The van der Waals surface area contributed by atoms with Gasteiger partial charge in [-0.1, -0.05) is 13.8 Å². The third-order valence-corrected chi connectivity index (χ3v) is 4.94. The number of hydrogen-bond acceptors (Lipinski definition) is 8. The van der Waals surface area contributed by atoms with E-state index in [9.17, 15) is 14.7 Å². The van der Waals surface area contributed by atoms with E-state index in [2.05, 4.69) is 0 Å². The molecule has 0 fully saturated rings. The molecule has 0 saturated carbocycles. The Kier molecular flexibility index (Phi) is 9.86. The maximum absolute atomic E-state index is 10.7. The van der Waals surface area contributed by atoms with Gasteiger partial charge in [0.25, 0.3) is 0 Å². The van der Waals surface area contributed by atoms with E-state index in [0.717, 1.165) is 0 Å². The number of carbonyl (C=O) groups is 2. The van der Waals surface area contributed by atoms with Crippen molar-refractivity contribution >= 4 is 11.9 Å². The van der Waals surface area contributed by atoms with E-state index in [0.29, 0.717) is 11.1 Å². The molecule has 0 aliphatic heterocycles. The first-order chi connectivity index (χ1) is 13.1. The van der Waals surface area contributed by atoms with E-state index in [-0.39, 0.29) is 11.1 Å². The zero-order valence-corrected chi connectivity index (χ0v) is 16.8. The smallest absolute Gasteiger partial charge is 0.335 e. The predicted octanol–water partition coefficient (Wildman–Crippen LogP) is -0.163. The van der Waals surface area contributed by atoms with Crippen LogP contribution in [0.15, 0.2) is 12.1 Å². The summed E-state index contributed by atoms with van der Waals surface area (Å²) in [6.07, 6.45) is -4.48. The zero-order valence-electron chi connectivity index (χ0n) is 16.8. The Bertz CT molecular complexity index is 660. The monoisotopic (exact) mass is 418 g/mol. The van der Waals surface area contributed by atoms with Crippen molar-refractivity contribution in [2.75, 3.05) is 6.61 Å². The largest absolute Gasteiger partial charge is 0.478 e. The number of aromatic carboxylic acids is 2. The van der Waals surface area contributed by atoms with Crippen LogP contribution in [-0.4, -0.2) is 77.6 Å². The van der Waals surface area contributed by atoms with Crippen molar-refractivity contribution in [2.45, 2.75) is 58.7 Å². The van der Waals surface area contributed by atoms with Gasteiger partial charge in [0.1, 0.15) is 0 Å². The molecule has 0 heterocycles. The van der Waals surface area contributed by atoms with Crippen LogP contribution in [0.1, 0.15) is 58.5 Å². The molecule has 0 atom stereocenters. The molecule has 0 aliphatic carbocycles. The Morgan fingerprint density at radius 1 is 0.862 bits per heavy atom. The van der Waals surface area contributed by atoms with Crippen LogP contribution < -0.4 is 0 Å². The standard InChI is InChI=1S/C10H10O4.C9H20O6/c1-5-6(2)8(10(13)14)4-3-7(5)9(11)12;1-8(2,5-10)9(15,3-6(11)12)4-7(13)14/h3-4H,1-2H3,(H,11,12)(H,13,14);6-7,10-15H,3-5H2,1-2H3. The summed E-state index contributed by atoms with van der Waals surface area (Å²) in [5.74, 6) is -2.08. The zero-order chi connectivity index (χ0) is 23.2. The minimum Gasteiger partial charge on any atom is -0.478 e. The number of benzene rings is 1. The molecule has 1 aromatic rings. The lowest BCUT2D eigenvalue weighted by atomic mass is 9.71. The second-order valence-electron chi connectivity index (χ2n) is 7.46. The van der Waals surface area contributed by atoms with E-state index in [1.54, 1.807) is 13.8 Å². The van der Waals surface area contributed by atoms with Crippen molar-refractivity contribution < 1.29 is 50.4 Å². The Hall–Kier alpha value is -2.08. The molecule has 0 unspecified atom stereocenters. The molecule has 0 bridgehead atoms. The highest BCUT2D eigenvalue weighted by atomic mass is 16.5. The fourth-order valence-electron chi connectivity index (χ4n) is 2.67. The van der Waals surface area contributed by atoms with Gasteiger partial charge in [0.2, 0.25) is 0 Å². The predicted molar refractivity (Wildman–Crippen MR) is 101 cm³/mol. The van der Waals surface area contributed by atoms with Crippen LogP contribution in [-0.2, 0) is 0 Å². The molecule has 166 valence electrons. The van der Waals surface area contributed by atoms with E-state index in [1.165, 1.54) is 26.0 Å². The first-order valence-corrected chi connectivity index (χ1v) is 8.72. The van der Waals surface area contributed by atoms with Crippen LogP contribution in [0.4, 0.5) is 0 Å². The summed E-state index contributed by atoms with van der Waals surface area (Å²) < 4.78 is 0. The van der Waals surface area contributed by atoms with Gasteiger partial charge in [-0.2, -0.15) is 0 Å². The molecule has 10 nitrogen and oxygen atoms in total. The molecule has 0 radical (unpaired) electrons. The molecule has 10 heteroatoms. The van der Waals surface area contributed by atoms with Crippen LogP contribution >= 0.6 is 0 Å². The van der Waals surface area contributed by atoms with E-state index >= 15 is 0 Å². The Balaban J connectivity index is 0.000000541. The number of rotatable bonds is 8. The van der Waals surface area contributed by atoms with Crippen molar-refractivity contribution in [3.05, 3.63) is 34.4 Å². The maximum atomic E-state index is 10.7. The fourth-order valence-corrected chi connectivity index (χ4v) is 2.67. The summed E-state index contributed by atoms with van der Waals surface area (Å²) in [7, 11) is 0. The summed E-state index contributed by atoms with van der Waals surface area (Å²) in [6.45, 7) is 5.79. The number of carboxylic acid groups (broad SMARTS) is 2. The highest BCUT2D eigenvalue weighted by molar-refractivity contribution is 5.94. The molecule has 0 aliphatic rings. The van der Waals surface area contributed by atoms with Crippen molar-refractivity contribution in [3.8, 4) is 0 Å². The van der Waals surface area contributed by atoms with Crippen LogP contribution in [0.2, 0.25) is 0 Å². The van der Waals surface area contributed by atoms with Gasteiger partial charge in [0.15, 0.2) is 12.6 Å². The molecule has 0 spiro atoms. The van der Waals surface area contributed by atoms with Crippen molar-refractivity contribution in [1.82, 2.24) is 0 Å². The van der Waals surface area contributed by atoms with Gasteiger partial charge in [0.05, 0.1) is 23.3 Å². The lowest BCUT2D eigenvalue weighted by Gasteiger charge is -2.42. The summed E-state index contributed by atoms with van der Waals surface area (Å²) in [6, 6.07) is 2.63. The number of aliphatic hydroxyl groups is 6. The average molecular weight is 418 g/mol. The van der Waals surface area contributed by atoms with Gasteiger partial charge in [-0.25, -0.2) is 9.59 Å². The Labute approximate surface area is 168 Å². The van der Waals surface area contributed by atoms with Crippen LogP contribution in [0.5, 0.6) is 0 Å². The van der Waals surface area contributed by atoms with Gasteiger partial charge in [-0.05, 0) is 37.1 Å². The topological polar surface area (TPSA) is 196 Å². The highest BCUT2D eigenvalue weighted by Crippen LogP contribution is 2.37. The van der Waals surface area contributed by atoms with Gasteiger partial charge < -0.3 is 40.9 Å². The second-order valence-corrected chi connectivity index (χ2v) is 7.46. The molecule has 0 aromatic heterocycles. The van der Waals surface area contributed by atoms with Gasteiger partial charge in [-0.15, -0.1) is 0 Å². The van der Waals surface area contributed by atoms with Crippen LogP contribution in [0.3, 0.4) is 0 Å². The van der Waals surface area contributed by atoms with Crippen molar-refractivity contribution in [2.24, 2.45) is 5.41 Å². The minimum atomic E-state index is -1.78. The minimum absolute atomic E-state index is 0.146. The number of carboxylic acids is 2. The molecule has 0 amide bonds. The maximum Gasteiger partial charge on any atom is 0.335 e. The number of hydrogen-bond donors (Lipinski definition) is 8. The van der Waals surface area contributed by atoms with Gasteiger partial charge >= 0.3 is 11.9 Å². The Morgan fingerprint density at radius 2 is 1.17 bits per heavy atom. The molecule has 8 N–H and O–H groups in total. The first kappa shape index (κ1) is 26.9. The molecule has 1 rings (SSSR count). The van der Waals surface area contributed by atoms with E-state index in [4.69, 9.17) is 35.7 Å². The third-order valence-electron chi connectivity index (χ3n) is 4.94. The molecule has 29 heavy (non-hydrogen) atoms. The first-order valence-electron chi connectivity index (χ1n) is 8.72. The third kappa shape index (κ3) is 7.35. The molecular formula is C19H30O10. The van der Waals surface area contributed by atoms with Gasteiger partial charge in [0, 0.05) is 18.3 Å². The normalized spacial score (nSPS) is 12.0. The summed E-state index contributed by atoms with van der Waals surface area (Å²) in [4.78, 5) is 21.4. The lowest BCUT2D eigenvalue weighted by molar-refractivity contribution is -0.191. The van der Waals surface area contributed by atoms with Gasteiger partial charge in [-0.3, -0.25) is 0 Å². The molecule has 0 saturated heterocycles. The number of aliphatic hydroxyl groups excluding tert-OH is 3. The average Bonchev–Trinajstić information content (AvgIpc) is 2.55.